The van der Waals surface area contributed by atoms with E-state index in [2.05, 4.69) is 20.5 Å². The lowest BCUT2D eigenvalue weighted by atomic mass is 10.1. The Labute approximate surface area is 187 Å². The summed E-state index contributed by atoms with van der Waals surface area (Å²) in [6, 6.07) is 26.7. The van der Waals surface area contributed by atoms with Crippen LogP contribution in [-0.2, 0) is 0 Å². The Morgan fingerprint density at radius 3 is 2.59 bits per heavy atom. The predicted molar refractivity (Wildman–Crippen MR) is 126 cm³/mol. The predicted octanol–water partition coefficient (Wildman–Crippen LogP) is 5.74. The van der Waals surface area contributed by atoms with Crippen LogP contribution in [0.3, 0.4) is 0 Å². The van der Waals surface area contributed by atoms with Crippen LogP contribution in [0, 0.1) is 6.92 Å². The number of nitrogens with one attached hydrogen (secondary N) is 1. The molecule has 0 spiro atoms. The van der Waals surface area contributed by atoms with Gasteiger partial charge in [0.1, 0.15) is 16.2 Å². The molecule has 6 nitrogen and oxygen atoms in total. The fraction of sp³-hybridized carbons (Fsp3) is 0.0400. The highest BCUT2D eigenvalue weighted by atomic mass is 32.1. The van der Waals surface area contributed by atoms with Crippen molar-refractivity contribution in [1.29, 1.82) is 0 Å². The van der Waals surface area contributed by atoms with E-state index >= 15 is 0 Å². The van der Waals surface area contributed by atoms with Gasteiger partial charge in [0.2, 0.25) is 10.7 Å². The fourth-order valence-corrected chi connectivity index (χ4v) is 4.00. The number of carbonyl (C=O) groups is 1. The summed E-state index contributed by atoms with van der Waals surface area (Å²) in [5.74, 6) is -0.360. The van der Waals surface area contributed by atoms with E-state index in [1.165, 1.54) is 11.3 Å². The number of rotatable bonds is 4. The van der Waals surface area contributed by atoms with Gasteiger partial charge in [-0.1, -0.05) is 71.5 Å². The number of hydrogen-bond donors (Lipinski definition) is 1. The van der Waals surface area contributed by atoms with Crippen LogP contribution in [0.25, 0.3) is 21.5 Å². The van der Waals surface area contributed by atoms with Gasteiger partial charge in [0.15, 0.2) is 0 Å². The molecule has 0 atom stereocenters. The molecule has 0 unspecified atom stereocenters. The van der Waals surface area contributed by atoms with Gasteiger partial charge in [-0.15, -0.1) is 10.2 Å². The van der Waals surface area contributed by atoms with Crippen LogP contribution in [0.1, 0.15) is 15.9 Å². The third-order valence-corrected chi connectivity index (χ3v) is 5.69. The summed E-state index contributed by atoms with van der Waals surface area (Å²) in [7, 11) is 0. The average Bonchev–Trinajstić information content (AvgIpc) is 3.28. The van der Waals surface area contributed by atoms with Crippen molar-refractivity contribution < 1.29 is 9.21 Å². The molecule has 1 amide bonds. The Morgan fingerprint density at radius 2 is 1.75 bits per heavy atom. The summed E-state index contributed by atoms with van der Waals surface area (Å²) in [5, 5.41) is 13.2. The minimum absolute atomic E-state index is 0.232. The van der Waals surface area contributed by atoms with Crippen LogP contribution in [0.4, 0.5) is 10.8 Å². The molecule has 1 N–H and O–H groups in total. The molecule has 2 heterocycles. The first-order valence-corrected chi connectivity index (χ1v) is 10.8. The first kappa shape index (κ1) is 19.8. The van der Waals surface area contributed by atoms with Crippen molar-refractivity contribution in [2.24, 2.45) is 4.99 Å². The second-order valence-corrected chi connectivity index (χ2v) is 8.16. The first-order valence-electron chi connectivity index (χ1n) is 10.0. The zero-order valence-electron chi connectivity index (χ0n) is 17.1. The second-order valence-electron chi connectivity index (χ2n) is 7.19. The zero-order valence-corrected chi connectivity index (χ0v) is 18.0. The molecule has 0 saturated heterocycles. The molecule has 2 aromatic heterocycles. The maximum absolute atomic E-state index is 13.2. The largest absolute Gasteiger partial charge is 0.438 e. The van der Waals surface area contributed by atoms with Crippen molar-refractivity contribution >= 4 is 39.0 Å². The molecule has 5 rings (SSSR count). The van der Waals surface area contributed by atoms with Crippen LogP contribution in [0.15, 0.2) is 94.3 Å². The molecule has 0 radical (unpaired) electrons. The van der Waals surface area contributed by atoms with E-state index in [1.807, 2.05) is 85.8 Å². The molecule has 7 heteroatoms. The van der Waals surface area contributed by atoms with E-state index in [1.54, 1.807) is 6.07 Å². The monoisotopic (exact) mass is 438 g/mol. The molecule has 3 aromatic carbocycles. The number of fused-ring (bicyclic) bond motifs is 1. The third kappa shape index (κ3) is 4.19. The van der Waals surface area contributed by atoms with Crippen molar-refractivity contribution in [3.63, 3.8) is 0 Å². The Kier molecular flexibility index (Phi) is 5.31. The molecular formula is C25H18N4O2S. The van der Waals surface area contributed by atoms with Crippen LogP contribution >= 0.6 is 11.3 Å². The summed E-state index contributed by atoms with van der Waals surface area (Å²) in [6.07, 6.45) is 0. The summed E-state index contributed by atoms with van der Waals surface area (Å²) in [5.41, 5.74) is 3.99. The van der Waals surface area contributed by atoms with Gasteiger partial charge in [-0.3, -0.25) is 10.1 Å². The van der Waals surface area contributed by atoms with Gasteiger partial charge in [0.25, 0.3) is 5.91 Å². The van der Waals surface area contributed by atoms with Crippen molar-refractivity contribution in [2.45, 2.75) is 6.92 Å². The summed E-state index contributed by atoms with van der Waals surface area (Å²) >= 11 is 1.32. The van der Waals surface area contributed by atoms with Gasteiger partial charge >= 0.3 is 0 Å². The fourth-order valence-electron chi connectivity index (χ4n) is 3.27. The van der Waals surface area contributed by atoms with E-state index in [0.29, 0.717) is 22.0 Å². The Balaban J connectivity index is 1.52. The van der Waals surface area contributed by atoms with Gasteiger partial charge < -0.3 is 4.42 Å². The van der Waals surface area contributed by atoms with Crippen LogP contribution < -0.4 is 10.9 Å². The van der Waals surface area contributed by atoms with Crippen LogP contribution in [-0.4, -0.2) is 16.1 Å². The van der Waals surface area contributed by atoms with Crippen molar-refractivity contribution in [3.8, 4) is 10.6 Å². The Bertz CT molecular complexity index is 1490. The van der Waals surface area contributed by atoms with E-state index in [0.717, 1.165) is 21.5 Å². The molecular weight excluding hydrogens is 420 g/mol. The topological polar surface area (TPSA) is 80.4 Å². The number of anilines is 1. The number of aromatic nitrogens is 2. The van der Waals surface area contributed by atoms with E-state index in [-0.39, 0.29) is 11.5 Å². The van der Waals surface area contributed by atoms with E-state index in [9.17, 15) is 4.79 Å². The number of benzene rings is 3. The second kappa shape index (κ2) is 8.56. The van der Waals surface area contributed by atoms with Crippen molar-refractivity contribution in [2.75, 3.05) is 5.32 Å². The maximum Gasteiger partial charge on any atom is 0.263 e. The SMILES string of the molecule is Cc1cccc(-c2nnc(NC(=O)c3cc4ccccc4oc3=Nc3ccccc3)s2)c1. The minimum Gasteiger partial charge on any atom is -0.438 e. The quantitative estimate of drug-likeness (QED) is 0.388. The number of amides is 1. The molecule has 0 fully saturated rings. The molecule has 5 aromatic rings. The number of carbonyl (C=O) groups excluding carboxylic acids is 1. The lowest BCUT2D eigenvalue weighted by Gasteiger charge is -2.04. The summed E-state index contributed by atoms with van der Waals surface area (Å²) in [6.45, 7) is 2.02. The molecule has 0 aliphatic carbocycles. The van der Waals surface area contributed by atoms with E-state index < -0.39 is 0 Å². The van der Waals surface area contributed by atoms with Gasteiger partial charge in [0, 0.05) is 10.9 Å². The van der Waals surface area contributed by atoms with Crippen molar-refractivity contribution in [1.82, 2.24) is 10.2 Å². The maximum atomic E-state index is 13.2. The number of hydrogen-bond acceptors (Lipinski definition) is 6. The van der Waals surface area contributed by atoms with Crippen molar-refractivity contribution in [3.05, 3.63) is 102 Å². The van der Waals surface area contributed by atoms with Gasteiger partial charge in [-0.2, -0.15) is 0 Å². The highest BCUT2D eigenvalue weighted by Gasteiger charge is 2.16. The molecule has 0 aliphatic heterocycles. The van der Waals surface area contributed by atoms with Gasteiger partial charge in [-0.25, -0.2) is 4.99 Å². The molecule has 0 saturated carbocycles. The molecule has 0 bridgehead atoms. The zero-order chi connectivity index (χ0) is 21.9. The normalized spacial score (nSPS) is 11.6. The van der Waals surface area contributed by atoms with Crippen LogP contribution in [0.2, 0.25) is 0 Å². The lowest BCUT2D eigenvalue weighted by molar-refractivity contribution is 0.102. The highest BCUT2D eigenvalue weighted by Crippen LogP contribution is 2.27. The Hall–Kier alpha value is -4.10. The smallest absolute Gasteiger partial charge is 0.263 e. The number of nitrogens with zero attached hydrogens (tertiary/aromatic N) is 3. The third-order valence-electron chi connectivity index (χ3n) is 4.80. The van der Waals surface area contributed by atoms with Gasteiger partial charge in [0.05, 0.1) is 5.69 Å². The highest BCUT2D eigenvalue weighted by molar-refractivity contribution is 7.18. The molecule has 0 aliphatic rings. The van der Waals surface area contributed by atoms with Crippen LogP contribution in [0.5, 0.6) is 0 Å². The standard InChI is InChI=1S/C25H18N4O2S/c1-16-8-7-10-18(14-16)24-28-29-25(32-24)27-22(30)20-15-17-9-5-6-13-21(17)31-23(20)26-19-11-3-2-4-12-19/h2-15H,1H3,(H,27,29,30). The number of para-hydroxylation sites is 2. The summed E-state index contributed by atoms with van der Waals surface area (Å²) in [4.78, 5) is 17.7. The van der Waals surface area contributed by atoms with Gasteiger partial charge in [-0.05, 0) is 37.3 Å². The minimum atomic E-state index is -0.360. The Morgan fingerprint density at radius 1 is 0.938 bits per heavy atom. The van der Waals surface area contributed by atoms with E-state index in [4.69, 9.17) is 4.42 Å². The first-order chi connectivity index (χ1) is 15.7. The summed E-state index contributed by atoms with van der Waals surface area (Å²) < 4.78 is 5.98. The average molecular weight is 439 g/mol. The molecule has 32 heavy (non-hydrogen) atoms. The lowest BCUT2D eigenvalue weighted by Crippen LogP contribution is -2.21. The molecule has 156 valence electrons. The number of aryl methyl sites for hydroxylation is 1.